The molecule has 0 aliphatic heterocycles. The molecule has 1 atom stereocenters. The Hall–Kier alpha value is -3.11. The van der Waals surface area contributed by atoms with E-state index in [2.05, 4.69) is 12.2 Å². The van der Waals surface area contributed by atoms with Crippen LogP contribution in [0.1, 0.15) is 53.1 Å². The van der Waals surface area contributed by atoms with Crippen LogP contribution in [0.3, 0.4) is 0 Å². The van der Waals surface area contributed by atoms with Gasteiger partial charge in [-0.15, -0.1) is 11.3 Å². The number of thiophene rings is 1. The minimum atomic E-state index is -0.547. The Labute approximate surface area is 186 Å². The van der Waals surface area contributed by atoms with Crippen LogP contribution in [0.15, 0.2) is 29.8 Å². The SMILES string of the molecule is CCOC(=O)c1c(NC(=O)/C(C#N)=C/c2ccc(OC)cc2)sc2c1CCC(CC)C2. The Balaban J connectivity index is 1.90. The molecule has 6 nitrogen and oxygen atoms in total. The first-order valence-electron chi connectivity index (χ1n) is 10.4. The minimum Gasteiger partial charge on any atom is -0.497 e. The molecule has 2 aromatic rings. The molecule has 1 aliphatic rings. The van der Waals surface area contributed by atoms with Crippen LogP contribution in [-0.2, 0) is 22.4 Å². The van der Waals surface area contributed by atoms with E-state index < -0.39 is 11.9 Å². The molecule has 0 saturated carbocycles. The van der Waals surface area contributed by atoms with Crippen LogP contribution in [-0.4, -0.2) is 25.6 Å². The van der Waals surface area contributed by atoms with Crippen LogP contribution in [0.5, 0.6) is 5.75 Å². The molecule has 162 valence electrons. The third-order valence-electron chi connectivity index (χ3n) is 5.44. The Bertz CT molecular complexity index is 1030. The number of methoxy groups -OCH3 is 1. The summed E-state index contributed by atoms with van der Waals surface area (Å²) in [5.41, 5.74) is 2.07. The standard InChI is InChI=1S/C24H26N2O4S/c1-4-15-8-11-19-20(13-15)31-23(21(19)24(28)30-5-2)26-22(27)17(14-25)12-16-6-9-18(29-3)10-7-16/h6-7,9-10,12,15H,4-5,8,11,13H2,1-3H3,(H,26,27)/b17-12+. The summed E-state index contributed by atoms with van der Waals surface area (Å²) in [5.74, 6) is 0.292. The lowest BCUT2D eigenvalue weighted by atomic mass is 9.85. The maximum Gasteiger partial charge on any atom is 0.341 e. The summed E-state index contributed by atoms with van der Waals surface area (Å²) in [5, 5.41) is 12.8. The summed E-state index contributed by atoms with van der Waals surface area (Å²) in [6.07, 6.45) is 5.30. The van der Waals surface area contributed by atoms with Crippen molar-refractivity contribution in [2.24, 2.45) is 5.92 Å². The topological polar surface area (TPSA) is 88.4 Å². The van der Waals surface area contributed by atoms with Crippen molar-refractivity contribution < 1.29 is 19.1 Å². The van der Waals surface area contributed by atoms with Gasteiger partial charge >= 0.3 is 5.97 Å². The van der Waals surface area contributed by atoms with Crippen molar-refractivity contribution in [1.82, 2.24) is 0 Å². The zero-order valence-electron chi connectivity index (χ0n) is 18.0. The van der Waals surface area contributed by atoms with E-state index in [9.17, 15) is 14.9 Å². The lowest BCUT2D eigenvalue weighted by Crippen LogP contribution is -2.17. The summed E-state index contributed by atoms with van der Waals surface area (Å²) in [7, 11) is 1.57. The van der Waals surface area contributed by atoms with E-state index in [1.807, 2.05) is 6.07 Å². The summed E-state index contributed by atoms with van der Waals surface area (Å²) in [6.45, 7) is 4.18. The van der Waals surface area contributed by atoms with E-state index in [0.29, 0.717) is 27.8 Å². The Morgan fingerprint density at radius 3 is 2.65 bits per heavy atom. The van der Waals surface area contributed by atoms with Crippen molar-refractivity contribution in [3.63, 3.8) is 0 Å². The zero-order chi connectivity index (χ0) is 22.4. The van der Waals surface area contributed by atoms with Crippen LogP contribution < -0.4 is 10.1 Å². The van der Waals surface area contributed by atoms with E-state index in [0.717, 1.165) is 36.1 Å². The summed E-state index contributed by atoms with van der Waals surface area (Å²) in [4.78, 5) is 26.6. The molecule has 7 heteroatoms. The Kier molecular flexibility index (Phi) is 7.48. The molecule has 1 N–H and O–H groups in total. The highest BCUT2D eigenvalue weighted by Gasteiger charge is 2.30. The second-order valence-corrected chi connectivity index (χ2v) is 8.45. The number of amides is 1. The first kappa shape index (κ1) is 22.6. The number of hydrogen-bond donors (Lipinski definition) is 1. The van der Waals surface area contributed by atoms with E-state index in [-0.39, 0.29) is 12.2 Å². The number of ether oxygens (including phenoxy) is 2. The van der Waals surface area contributed by atoms with Crippen molar-refractivity contribution in [2.75, 3.05) is 19.0 Å². The van der Waals surface area contributed by atoms with Gasteiger partial charge < -0.3 is 14.8 Å². The highest BCUT2D eigenvalue weighted by atomic mass is 32.1. The first-order valence-corrected chi connectivity index (χ1v) is 11.2. The molecule has 0 saturated heterocycles. The number of esters is 1. The number of hydrogen-bond acceptors (Lipinski definition) is 6. The number of nitriles is 1. The van der Waals surface area contributed by atoms with E-state index in [1.54, 1.807) is 38.3 Å². The third kappa shape index (κ3) is 5.15. The molecule has 0 fully saturated rings. The first-order chi connectivity index (χ1) is 15.0. The van der Waals surface area contributed by atoms with Gasteiger partial charge in [0.05, 0.1) is 19.3 Å². The molecule has 31 heavy (non-hydrogen) atoms. The number of anilines is 1. The number of nitrogens with one attached hydrogen (secondary N) is 1. The number of carbonyl (C=O) groups excluding carboxylic acids is 2. The summed E-state index contributed by atoms with van der Waals surface area (Å²) < 4.78 is 10.4. The molecule has 1 heterocycles. The third-order valence-corrected chi connectivity index (χ3v) is 6.61. The highest BCUT2D eigenvalue weighted by molar-refractivity contribution is 7.17. The molecular weight excluding hydrogens is 412 g/mol. The van der Waals surface area contributed by atoms with Crippen molar-refractivity contribution in [2.45, 2.75) is 39.5 Å². The smallest absolute Gasteiger partial charge is 0.341 e. The molecule has 1 unspecified atom stereocenters. The fraction of sp³-hybridized carbons (Fsp3) is 0.375. The van der Waals surface area contributed by atoms with Crippen LogP contribution >= 0.6 is 11.3 Å². The normalized spacial score (nSPS) is 15.5. The molecule has 1 aliphatic carbocycles. The van der Waals surface area contributed by atoms with Gasteiger partial charge in [-0.1, -0.05) is 25.5 Å². The highest BCUT2D eigenvalue weighted by Crippen LogP contribution is 2.41. The minimum absolute atomic E-state index is 0.0437. The lowest BCUT2D eigenvalue weighted by molar-refractivity contribution is -0.112. The van der Waals surface area contributed by atoms with Gasteiger partial charge in [0.2, 0.25) is 0 Å². The maximum atomic E-state index is 12.9. The largest absolute Gasteiger partial charge is 0.497 e. The number of carbonyl (C=O) groups is 2. The Morgan fingerprint density at radius 2 is 2.03 bits per heavy atom. The Morgan fingerprint density at radius 1 is 1.29 bits per heavy atom. The average molecular weight is 439 g/mol. The van der Waals surface area contributed by atoms with Gasteiger partial charge in [-0.3, -0.25) is 4.79 Å². The quantitative estimate of drug-likeness (QED) is 0.374. The van der Waals surface area contributed by atoms with Gasteiger partial charge in [-0.05, 0) is 61.4 Å². The van der Waals surface area contributed by atoms with Gasteiger partial charge in [0.15, 0.2) is 0 Å². The number of rotatable bonds is 7. The van der Waals surface area contributed by atoms with E-state index >= 15 is 0 Å². The van der Waals surface area contributed by atoms with Crippen LogP contribution in [0.2, 0.25) is 0 Å². The van der Waals surface area contributed by atoms with Crippen molar-refractivity contribution >= 4 is 34.3 Å². The van der Waals surface area contributed by atoms with Crippen molar-refractivity contribution in [3.8, 4) is 11.8 Å². The fourth-order valence-electron chi connectivity index (χ4n) is 3.70. The number of fused-ring (bicyclic) bond motifs is 1. The van der Waals surface area contributed by atoms with E-state index in [4.69, 9.17) is 9.47 Å². The molecule has 3 rings (SSSR count). The summed E-state index contributed by atoms with van der Waals surface area (Å²) in [6, 6.07) is 9.01. The zero-order valence-corrected chi connectivity index (χ0v) is 18.8. The van der Waals surface area contributed by atoms with Gasteiger partial charge in [0.25, 0.3) is 5.91 Å². The average Bonchev–Trinajstić information content (AvgIpc) is 3.14. The van der Waals surface area contributed by atoms with Gasteiger partial charge in [-0.25, -0.2) is 4.79 Å². The molecule has 1 amide bonds. The number of benzene rings is 1. The van der Waals surface area contributed by atoms with Crippen LogP contribution in [0, 0.1) is 17.2 Å². The molecule has 0 spiro atoms. The number of nitrogens with zero attached hydrogens (tertiary/aromatic N) is 1. The second-order valence-electron chi connectivity index (χ2n) is 7.34. The molecular formula is C24H26N2O4S. The van der Waals surface area contributed by atoms with Gasteiger partial charge in [0, 0.05) is 4.88 Å². The van der Waals surface area contributed by atoms with Gasteiger partial charge in [0.1, 0.15) is 22.4 Å². The monoisotopic (exact) mass is 438 g/mol. The van der Waals surface area contributed by atoms with Crippen LogP contribution in [0.25, 0.3) is 6.08 Å². The molecule has 1 aromatic heterocycles. The van der Waals surface area contributed by atoms with Crippen molar-refractivity contribution in [1.29, 1.82) is 5.26 Å². The second kappa shape index (κ2) is 10.3. The van der Waals surface area contributed by atoms with Crippen LogP contribution in [0.4, 0.5) is 5.00 Å². The van der Waals surface area contributed by atoms with E-state index in [1.165, 1.54) is 17.4 Å². The summed E-state index contributed by atoms with van der Waals surface area (Å²) >= 11 is 1.42. The predicted molar refractivity (Wildman–Crippen MR) is 121 cm³/mol. The maximum absolute atomic E-state index is 12.9. The molecule has 0 radical (unpaired) electrons. The predicted octanol–water partition coefficient (Wildman–Crippen LogP) is 4.99. The molecule has 1 aromatic carbocycles. The fourth-order valence-corrected chi connectivity index (χ4v) is 5.04. The lowest BCUT2D eigenvalue weighted by Gasteiger charge is -2.20. The van der Waals surface area contributed by atoms with Gasteiger partial charge in [-0.2, -0.15) is 5.26 Å². The molecule has 0 bridgehead atoms. The van der Waals surface area contributed by atoms with Crippen molar-refractivity contribution in [3.05, 3.63) is 51.4 Å².